The fraction of sp³-hybridized carbons (Fsp3) is 0.0769. The molecule has 0 aliphatic heterocycles. The minimum atomic E-state index is -0.273. The van der Waals surface area contributed by atoms with E-state index < -0.39 is 0 Å². The first-order chi connectivity index (χ1) is 7.59. The zero-order valence-electron chi connectivity index (χ0n) is 8.60. The van der Waals surface area contributed by atoms with E-state index in [9.17, 15) is 4.39 Å². The van der Waals surface area contributed by atoms with Crippen LogP contribution in [0.25, 0.3) is 11.1 Å². The van der Waals surface area contributed by atoms with Gasteiger partial charge in [0.15, 0.2) is 0 Å². The van der Waals surface area contributed by atoms with Crippen molar-refractivity contribution in [3.05, 3.63) is 57.3 Å². The number of aryl methyl sites for hydroxylation is 1. The minimum absolute atomic E-state index is 0.273. The van der Waals surface area contributed by atoms with Gasteiger partial charge in [0.2, 0.25) is 0 Å². The standard InChI is InChI=1S/C13H9BrClF/c1-8-3-2-4-11(15)13(8)10-6-5-9(14)7-12(10)16/h2-7H,1H3. The summed E-state index contributed by atoms with van der Waals surface area (Å²) in [6, 6.07) is 10.5. The molecule has 2 aromatic carbocycles. The maximum absolute atomic E-state index is 13.8. The van der Waals surface area contributed by atoms with E-state index in [1.165, 1.54) is 6.07 Å². The average Bonchev–Trinajstić information content (AvgIpc) is 2.20. The molecule has 16 heavy (non-hydrogen) atoms. The summed E-state index contributed by atoms with van der Waals surface area (Å²) in [6.07, 6.45) is 0. The van der Waals surface area contributed by atoms with Crippen molar-refractivity contribution in [2.45, 2.75) is 6.92 Å². The molecule has 82 valence electrons. The van der Waals surface area contributed by atoms with Crippen molar-refractivity contribution >= 4 is 27.5 Å². The highest BCUT2D eigenvalue weighted by molar-refractivity contribution is 9.10. The van der Waals surface area contributed by atoms with Crippen LogP contribution in [0.5, 0.6) is 0 Å². The third-order valence-corrected chi connectivity index (χ3v) is 3.23. The maximum atomic E-state index is 13.8. The summed E-state index contributed by atoms with van der Waals surface area (Å²) in [7, 11) is 0. The Labute approximate surface area is 107 Å². The molecule has 0 fully saturated rings. The summed E-state index contributed by atoms with van der Waals surface area (Å²) in [6.45, 7) is 1.92. The largest absolute Gasteiger partial charge is 0.206 e. The van der Waals surface area contributed by atoms with Crippen LogP contribution in [0.1, 0.15) is 5.56 Å². The van der Waals surface area contributed by atoms with Gasteiger partial charge in [0.05, 0.1) is 0 Å². The fourth-order valence-electron chi connectivity index (χ4n) is 1.67. The van der Waals surface area contributed by atoms with E-state index in [1.807, 2.05) is 19.1 Å². The maximum Gasteiger partial charge on any atom is 0.132 e. The molecule has 0 unspecified atom stereocenters. The quantitative estimate of drug-likeness (QED) is 0.677. The molecule has 2 rings (SSSR count). The van der Waals surface area contributed by atoms with Crippen LogP contribution in [0.2, 0.25) is 5.02 Å². The molecule has 0 heterocycles. The second-order valence-electron chi connectivity index (χ2n) is 3.56. The Kier molecular flexibility index (Phi) is 3.31. The first kappa shape index (κ1) is 11.6. The molecule has 0 aromatic heterocycles. The van der Waals surface area contributed by atoms with Crippen molar-refractivity contribution in [1.29, 1.82) is 0 Å². The van der Waals surface area contributed by atoms with E-state index >= 15 is 0 Å². The van der Waals surface area contributed by atoms with Gasteiger partial charge < -0.3 is 0 Å². The molecule has 0 N–H and O–H groups in total. The van der Waals surface area contributed by atoms with Gasteiger partial charge >= 0.3 is 0 Å². The normalized spacial score (nSPS) is 10.5. The van der Waals surface area contributed by atoms with Crippen LogP contribution in [0.15, 0.2) is 40.9 Å². The third kappa shape index (κ3) is 2.13. The summed E-state index contributed by atoms with van der Waals surface area (Å²) in [5.74, 6) is -0.273. The summed E-state index contributed by atoms with van der Waals surface area (Å²) < 4.78 is 14.5. The van der Waals surface area contributed by atoms with E-state index in [0.29, 0.717) is 10.6 Å². The van der Waals surface area contributed by atoms with Crippen molar-refractivity contribution in [2.75, 3.05) is 0 Å². The van der Waals surface area contributed by atoms with E-state index in [4.69, 9.17) is 11.6 Å². The molecule has 0 saturated heterocycles. The van der Waals surface area contributed by atoms with Gasteiger partial charge in [-0.3, -0.25) is 0 Å². The van der Waals surface area contributed by atoms with Crippen LogP contribution in [0.3, 0.4) is 0 Å². The molecule has 0 saturated carbocycles. The summed E-state index contributed by atoms with van der Waals surface area (Å²) >= 11 is 9.33. The Morgan fingerprint density at radius 2 is 1.94 bits per heavy atom. The highest BCUT2D eigenvalue weighted by Crippen LogP contribution is 2.33. The molecule has 3 heteroatoms. The van der Waals surface area contributed by atoms with Gasteiger partial charge in [-0.25, -0.2) is 4.39 Å². The topological polar surface area (TPSA) is 0 Å². The molecule has 0 aliphatic rings. The zero-order chi connectivity index (χ0) is 11.7. The van der Waals surface area contributed by atoms with E-state index in [2.05, 4.69) is 15.9 Å². The van der Waals surface area contributed by atoms with Crippen molar-refractivity contribution in [3.63, 3.8) is 0 Å². The highest BCUT2D eigenvalue weighted by atomic mass is 79.9. The minimum Gasteiger partial charge on any atom is -0.206 e. The first-order valence-electron chi connectivity index (χ1n) is 4.80. The summed E-state index contributed by atoms with van der Waals surface area (Å²) in [4.78, 5) is 0. The van der Waals surface area contributed by atoms with Crippen LogP contribution < -0.4 is 0 Å². The fourth-order valence-corrected chi connectivity index (χ4v) is 2.32. The first-order valence-corrected chi connectivity index (χ1v) is 5.97. The highest BCUT2D eigenvalue weighted by Gasteiger charge is 2.11. The van der Waals surface area contributed by atoms with Gasteiger partial charge in [-0.05, 0) is 30.7 Å². The van der Waals surface area contributed by atoms with Crippen molar-refractivity contribution in [2.24, 2.45) is 0 Å². The Hall–Kier alpha value is -0.860. The lowest BCUT2D eigenvalue weighted by atomic mass is 10.0. The van der Waals surface area contributed by atoms with Gasteiger partial charge in [0, 0.05) is 20.6 Å². The third-order valence-electron chi connectivity index (χ3n) is 2.42. The van der Waals surface area contributed by atoms with Crippen LogP contribution >= 0.6 is 27.5 Å². The van der Waals surface area contributed by atoms with Crippen molar-refractivity contribution < 1.29 is 4.39 Å². The predicted octanol–water partition coefficient (Wildman–Crippen LogP) is 5.22. The van der Waals surface area contributed by atoms with Gasteiger partial charge in [0.25, 0.3) is 0 Å². The smallest absolute Gasteiger partial charge is 0.132 e. The Morgan fingerprint density at radius 3 is 2.56 bits per heavy atom. The lowest BCUT2D eigenvalue weighted by Gasteiger charge is -2.09. The van der Waals surface area contributed by atoms with Crippen LogP contribution in [0.4, 0.5) is 4.39 Å². The van der Waals surface area contributed by atoms with Gasteiger partial charge in [0.1, 0.15) is 5.82 Å². The summed E-state index contributed by atoms with van der Waals surface area (Å²) in [5, 5.41) is 0.571. The van der Waals surface area contributed by atoms with Crippen LogP contribution in [0, 0.1) is 12.7 Å². The number of rotatable bonds is 1. The number of hydrogen-bond acceptors (Lipinski definition) is 0. The zero-order valence-corrected chi connectivity index (χ0v) is 10.9. The van der Waals surface area contributed by atoms with E-state index in [1.54, 1.807) is 18.2 Å². The average molecular weight is 300 g/mol. The molecular formula is C13H9BrClF. The molecule has 0 spiro atoms. The lowest BCUT2D eigenvalue weighted by Crippen LogP contribution is -1.89. The van der Waals surface area contributed by atoms with Crippen LogP contribution in [-0.4, -0.2) is 0 Å². The molecule has 0 aliphatic carbocycles. The predicted molar refractivity (Wildman–Crippen MR) is 69.3 cm³/mol. The molecular weight excluding hydrogens is 290 g/mol. The van der Waals surface area contributed by atoms with Crippen LogP contribution in [-0.2, 0) is 0 Å². The molecule has 0 radical (unpaired) electrons. The van der Waals surface area contributed by atoms with Gasteiger partial charge in [-0.2, -0.15) is 0 Å². The number of benzene rings is 2. The SMILES string of the molecule is Cc1cccc(Cl)c1-c1ccc(Br)cc1F. The second kappa shape index (κ2) is 4.56. The Morgan fingerprint density at radius 1 is 1.19 bits per heavy atom. The number of hydrogen-bond donors (Lipinski definition) is 0. The van der Waals surface area contributed by atoms with Gasteiger partial charge in [-0.15, -0.1) is 0 Å². The molecule has 0 amide bonds. The second-order valence-corrected chi connectivity index (χ2v) is 4.88. The molecule has 0 bridgehead atoms. The monoisotopic (exact) mass is 298 g/mol. The van der Waals surface area contributed by atoms with E-state index in [-0.39, 0.29) is 5.82 Å². The van der Waals surface area contributed by atoms with Crippen molar-refractivity contribution in [1.82, 2.24) is 0 Å². The number of halogens is 3. The van der Waals surface area contributed by atoms with E-state index in [0.717, 1.165) is 15.6 Å². The molecule has 0 atom stereocenters. The Bertz CT molecular complexity index is 517. The van der Waals surface area contributed by atoms with Crippen molar-refractivity contribution in [3.8, 4) is 11.1 Å². The lowest BCUT2D eigenvalue weighted by molar-refractivity contribution is 0.630. The Balaban J connectivity index is 2.68. The molecule has 2 aromatic rings. The molecule has 0 nitrogen and oxygen atoms in total. The van der Waals surface area contributed by atoms with Gasteiger partial charge in [-0.1, -0.05) is 45.7 Å². The summed E-state index contributed by atoms with van der Waals surface area (Å²) in [5.41, 5.74) is 2.26.